The van der Waals surface area contributed by atoms with Gasteiger partial charge in [0.25, 0.3) is 0 Å². The highest BCUT2D eigenvalue weighted by Crippen LogP contribution is 2.24. The fraction of sp³-hybridized carbons (Fsp3) is 0.600. The molecule has 0 fully saturated rings. The summed E-state index contributed by atoms with van der Waals surface area (Å²) in [5.74, 6) is 0.914. The van der Waals surface area contributed by atoms with E-state index in [1.807, 2.05) is 18.2 Å². The molecule has 0 spiro atoms. The van der Waals surface area contributed by atoms with Crippen molar-refractivity contribution in [1.29, 1.82) is 0 Å². The fourth-order valence-corrected chi connectivity index (χ4v) is 2.35. The van der Waals surface area contributed by atoms with Gasteiger partial charge in [-0.2, -0.15) is 0 Å². The second-order valence-electron chi connectivity index (χ2n) is 5.01. The average Bonchev–Trinajstić information content (AvgIpc) is 2.36. The number of hydrogen-bond acceptors (Lipinski definition) is 3. The number of methoxy groups -OCH3 is 1. The van der Waals surface area contributed by atoms with Gasteiger partial charge in [-0.15, -0.1) is 0 Å². The Morgan fingerprint density at radius 3 is 2.68 bits per heavy atom. The van der Waals surface area contributed by atoms with E-state index in [1.54, 1.807) is 7.11 Å². The first kappa shape index (κ1) is 16.3. The number of ether oxygens (including phenoxy) is 1. The maximum atomic E-state index is 6.08. The van der Waals surface area contributed by atoms with Crippen LogP contribution in [0.3, 0.4) is 0 Å². The molecule has 0 amide bonds. The SMILES string of the molecule is CCNC(CCN(C)C)Cc1cc(Cl)ccc1OC. The average molecular weight is 285 g/mol. The van der Waals surface area contributed by atoms with E-state index in [-0.39, 0.29) is 0 Å². The van der Waals surface area contributed by atoms with E-state index in [9.17, 15) is 0 Å². The Labute approximate surface area is 121 Å². The number of benzene rings is 1. The van der Waals surface area contributed by atoms with Gasteiger partial charge in [-0.05, 0) is 63.8 Å². The summed E-state index contributed by atoms with van der Waals surface area (Å²) in [6.07, 6.45) is 2.04. The van der Waals surface area contributed by atoms with Crippen LogP contribution in [0, 0.1) is 0 Å². The van der Waals surface area contributed by atoms with Crippen molar-refractivity contribution in [3.8, 4) is 5.75 Å². The summed E-state index contributed by atoms with van der Waals surface area (Å²) >= 11 is 6.08. The summed E-state index contributed by atoms with van der Waals surface area (Å²) < 4.78 is 5.41. The van der Waals surface area contributed by atoms with E-state index >= 15 is 0 Å². The highest BCUT2D eigenvalue weighted by molar-refractivity contribution is 6.30. The van der Waals surface area contributed by atoms with Crippen molar-refractivity contribution in [3.05, 3.63) is 28.8 Å². The van der Waals surface area contributed by atoms with Crippen molar-refractivity contribution < 1.29 is 4.74 Å². The molecule has 0 aliphatic carbocycles. The van der Waals surface area contributed by atoms with Crippen LogP contribution in [0.1, 0.15) is 18.9 Å². The van der Waals surface area contributed by atoms with Crippen LogP contribution in [0.2, 0.25) is 5.02 Å². The second-order valence-corrected chi connectivity index (χ2v) is 5.44. The first-order chi connectivity index (χ1) is 9.06. The van der Waals surface area contributed by atoms with Gasteiger partial charge >= 0.3 is 0 Å². The minimum atomic E-state index is 0.444. The number of likely N-dealkylation sites (N-methyl/N-ethyl adjacent to an activating group) is 1. The molecule has 0 aliphatic rings. The lowest BCUT2D eigenvalue weighted by atomic mass is 10.0. The Morgan fingerprint density at radius 1 is 1.37 bits per heavy atom. The molecule has 1 N–H and O–H groups in total. The van der Waals surface area contributed by atoms with Gasteiger partial charge in [-0.3, -0.25) is 0 Å². The molecule has 0 bridgehead atoms. The van der Waals surface area contributed by atoms with Crippen molar-refractivity contribution in [3.63, 3.8) is 0 Å². The van der Waals surface area contributed by atoms with Crippen LogP contribution in [0.5, 0.6) is 5.75 Å². The van der Waals surface area contributed by atoms with E-state index in [0.717, 1.165) is 36.7 Å². The van der Waals surface area contributed by atoms with Crippen molar-refractivity contribution >= 4 is 11.6 Å². The Kier molecular flexibility index (Phi) is 7.21. The number of nitrogens with one attached hydrogen (secondary N) is 1. The molecule has 1 rings (SSSR count). The van der Waals surface area contributed by atoms with Crippen LogP contribution in [-0.2, 0) is 6.42 Å². The van der Waals surface area contributed by atoms with Crippen LogP contribution in [0.25, 0.3) is 0 Å². The molecule has 0 saturated carbocycles. The van der Waals surface area contributed by atoms with E-state index < -0.39 is 0 Å². The minimum Gasteiger partial charge on any atom is -0.496 e. The fourth-order valence-electron chi connectivity index (χ4n) is 2.15. The molecule has 1 aromatic rings. The maximum Gasteiger partial charge on any atom is 0.122 e. The standard InChI is InChI=1S/C15H25ClN2O/c1-5-17-14(8-9-18(2)3)11-12-10-13(16)6-7-15(12)19-4/h6-7,10,14,17H,5,8-9,11H2,1-4H3. The van der Waals surface area contributed by atoms with E-state index in [4.69, 9.17) is 16.3 Å². The zero-order valence-electron chi connectivity index (χ0n) is 12.4. The smallest absolute Gasteiger partial charge is 0.122 e. The first-order valence-electron chi connectivity index (χ1n) is 6.77. The van der Waals surface area contributed by atoms with E-state index in [0.29, 0.717) is 6.04 Å². The topological polar surface area (TPSA) is 24.5 Å². The predicted octanol–water partition coefficient (Wildman–Crippen LogP) is 2.82. The largest absolute Gasteiger partial charge is 0.496 e. The molecule has 0 radical (unpaired) electrons. The number of halogens is 1. The van der Waals surface area contributed by atoms with Crippen LogP contribution in [0.15, 0.2) is 18.2 Å². The highest BCUT2D eigenvalue weighted by atomic mass is 35.5. The van der Waals surface area contributed by atoms with Gasteiger partial charge in [0.2, 0.25) is 0 Å². The number of nitrogens with zero attached hydrogens (tertiary/aromatic N) is 1. The third kappa shape index (κ3) is 5.81. The summed E-state index contributed by atoms with van der Waals surface area (Å²) in [5.41, 5.74) is 1.17. The van der Waals surface area contributed by atoms with E-state index in [1.165, 1.54) is 5.56 Å². The monoisotopic (exact) mass is 284 g/mol. The summed E-state index contributed by atoms with van der Waals surface area (Å²) in [6.45, 7) is 4.18. The molecule has 1 atom stereocenters. The number of hydrogen-bond donors (Lipinski definition) is 1. The third-order valence-corrected chi connectivity index (χ3v) is 3.36. The summed E-state index contributed by atoms with van der Waals surface area (Å²) in [4.78, 5) is 2.21. The molecule has 0 heterocycles. The lowest BCUT2D eigenvalue weighted by molar-refractivity contribution is 0.355. The highest BCUT2D eigenvalue weighted by Gasteiger charge is 2.12. The van der Waals surface area contributed by atoms with Crippen molar-refractivity contribution in [1.82, 2.24) is 10.2 Å². The molecule has 19 heavy (non-hydrogen) atoms. The molecular weight excluding hydrogens is 260 g/mol. The van der Waals surface area contributed by atoms with Gasteiger partial charge < -0.3 is 15.0 Å². The molecule has 4 heteroatoms. The van der Waals surface area contributed by atoms with Crippen LogP contribution in [-0.4, -0.2) is 45.2 Å². The zero-order valence-corrected chi connectivity index (χ0v) is 13.1. The molecule has 108 valence electrons. The van der Waals surface area contributed by atoms with Crippen LogP contribution in [0.4, 0.5) is 0 Å². The zero-order chi connectivity index (χ0) is 14.3. The molecule has 0 saturated heterocycles. The summed E-state index contributed by atoms with van der Waals surface area (Å²) in [7, 11) is 5.90. The summed E-state index contributed by atoms with van der Waals surface area (Å²) in [5, 5.41) is 4.29. The molecule has 3 nitrogen and oxygen atoms in total. The van der Waals surface area contributed by atoms with Gasteiger partial charge in [0.05, 0.1) is 7.11 Å². The van der Waals surface area contributed by atoms with Crippen molar-refractivity contribution in [2.45, 2.75) is 25.8 Å². The Morgan fingerprint density at radius 2 is 2.11 bits per heavy atom. The Bertz CT molecular complexity index is 382. The first-order valence-corrected chi connectivity index (χ1v) is 7.15. The van der Waals surface area contributed by atoms with Crippen LogP contribution >= 0.6 is 11.6 Å². The molecular formula is C15H25ClN2O. The quantitative estimate of drug-likeness (QED) is 0.794. The van der Waals surface area contributed by atoms with Gasteiger partial charge in [-0.25, -0.2) is 0 Å². The van der Waals surface area contributed by atoms with Gasteiger partial charge in [0, 0.05) is 11.1 Å². The third-order valence-electron chi connectivity index (χ3n) is 3.13. The predicted molar refractivity (Wildman–Crippen MR) is 82.3 cm³/mol. The lowest BCUT2D eigenvalue weighted by Crippen LogP contribution is -2.34. The molecule has 1 aromatic carbocycles. The second kappa shape index (κ2) is 8.41. The minimum absolute atomic E-state index is 0.444. The van der Waals surface area contributed by atoms with Crippen LogP contribution < -0.4 is 10.1 Å². The Balaban J connectivity index is 2.74. The molecule has 0 aliphatic heterocycles. The summed E-state index contributed by atoms with van der Waals surface area (Å²) in [6, 6.07) is 6.25. The van der Waals surface area contributed by atoms with Gasteiger partial charge in [0.15, 0.2) is 0 Å². The number of rotatable bonds is 8. The lowest BCUT2D eigenvalue weighted by Gasteiger charge is -2.21. The van der Waals surface area contributed by atoms with Gasteiger partial charge in [-0.1, -0.05) is 18.5 Å². The Hall–Kier alpha value is -0.770. The molecule has 1 unspecified atom stereocenters. The van der Waals surface area contributed by atoms with Crippen molar-refractivity contribution in [2.24, 2.45) is 0 Å². The van der Waals surface area contributed by atoms with E-state index in [2.05, 4.69) is 31.2 Å². The molecule has 0 aromatic heterocycles. The van der Waals surface area contributed by atoms with Crippen molar-refractivity contribution in [2.75, 3.05) is 34.3 Å². The normalized spacial score (nSPS) is 12.7. The maximum absolute atomic E-state index is 6.08. The van der Waals surface area contributed by atoms with Gasteiger partial charge in [0.1, 0.15) is 5.75 Å².